The smallest absolute Gasteiger partial charge is 0.251 e. The van der Waals surface area contributed by atoms with E-state index < -0.39 is 28.3 Å². The monoisotopic (exact) mass is 589 g/mol. The average Bonchev–Trinajstić information content (AvgIpc) is 3.48. The van der Waals surface area contributed by atoms with E-state index in [9.17, 15) is 17.2 Å². The molecule has 12 nitrogen and oxygen atoms in total. The summed E-state index contributed by atoms with van der Waals surface area (Å²) in [5.41, 5.74) is 9.25. The molecule has 1 saturated carbocycles. The number of nitrogens with zero attached hydrogens (tertiary/aromatic N) is 7. The highest BCUT2D eigenvalue weighted by Gasteiger charge is 2.44. The third-order valence-electron chi connectivity index (χ3n) is 8.25. The number of nitrogens with one attached hydrogen (secondary N) is 1. The summed E-state index contributed by atoms with van der Waals surface area (Å²) >= 11 is 0. The fourth-order valence-electron chi connectivity index (χ4n) is 5.54. The number of piperidine rings is 2. The molecule has 1 aliphatic carbocycles. The number of benzene rings is 1. The third-order valence-corrected chi connectivity index (χ3v) is 9.51. The molecule has 3 fully saturated rings. The Hall–Kier alpha value is -3.59. The highest BCUT2D eigenvalue weighted by molar-refractivity contribution is 7.92. The predicted octanol–water partition coefficient (Wildman–Crippen LogP) is 2.66. The number of hydrogen-bond acceptors (Lipinski definition) is 10. The molecule has 2 aliphatic heterocycles. The van der Waals surface area contributed by atoms with Crippen molar-refractivity contribution in [2.45, 2.75) is 44.4 Å². The number of halogens is 2. The van der Waals surface area contributed by atoms with Gasteiger partial charge in [0.25, 0.3) is 5.92 Å². The molecule has 0 radical (unpaired) electrons. The van der Waals surface area contributed by atoms with E-state index in [0.717, 1.165) is 31.6 Å². The van der Waals surface area contributed by atoms with Gasteiger partial charge in [0.1, 0.15) is 11.5 Å². The minimum atomic E-state index is -3.70. The number of anilines is 4. The van der Waals surface area contributed by atoms with E-state index in [2.05, 4.69) is 29.9 Å². The molecule has 15 heteroatoms. The highest BCUT2D eigenvalue weighted by Crippen LogP contribution is 2.54. The third kappa shape index (κ3) is 6.05. The lowest BCUT2D eigenvalue weighted by atomic mass is 9.93. The van der Waals surface area contributed by atoms with Crippen LogP contribution in [-0.4, -0.2) is 82.9 Å². The molecule has 2 saturated heterocycles. The van der Waals surface area contributed by atoms with E-state index in [1.165, 1.54) is 12.8 Å². The first kappa shape index (κ1) is 27.6. The molecule has 2 aromatic heterocycles. The Kier molecular flexibility index (Phi) is 6.96. The van der Waals surface area contributed by atoms with Crippen LogP contribution in [-0.2, 0) is 10.0 Å². The Labute approximate surface area is 236 Å². The van der Waals surface area contributed by atoms with Gasteiger partial charge in [-0.25, -0.2) is 26.9 Å². The summed E-state index contributed by atoms with van der Waals surface area (Å²) in [4.78, 5) is 12.7. The van der Waals surface area contributed by atoms with E-state index in [-0.39, 0.29) is 37.7 Å². The van der Waals surface area contributed by atoms with Crippen molar-refractivity contribution in [2.75, 3.05) is 58.8 Å². The van der Waals surface area contributed by atoms with Crippen molar-refractivity contribution >= 4 is 33.2 Å². The van der Waals surface area contributed by atoms with Crippen molar-refractivity contribution in [1.82, 2.24) is 25.0 Å². The van der Waals surface area contributed by atoms with Crippen LogP contribution in [0.1, 0.15) is 38.5 Å². The molecular weight excluding hydrogens is 556 g/mol. The molecule has 6 rings (SSSR count). The fraction of sp³-hybridized carbons (Fsp3) is 0.538. The first-order valence-electron chi connectivity index (χ1n) is 13.7. The summed E-state index contributed by atoms with van der Waals surface area (Å²) in [7, 11) is -3.70. The van der Waals surface area contributed by atoms with Gasteiger partial charge in [-0.05, 0) is 49.3 Å². The average molecular weight is 590 g/mol. The zero-order valence-electron chi connectivity index (χ0n) is 22.5. The van der Waals surface area contributed by atoms with Crippen LogP contribution in [0.2, 0.25) is 0 Å². The molecule has 4 N–H and O–H groups in total. The van der Waals surface area contributed by atoms with Crippen molar-refractivity contribution < 1.29 is 22.3 Å². The number of rotatable bonds is 8. The number of nitrogens with two attached hydrogens (primary N) is 1. The summed E-state index contributed by atoms with van der Waals surface area (Å²) in [6.45, 7) is 1.44. The second-order valence-electron chi connectivity index (χ2n) is 11.2. The summed E-state index contributed by atoms with van der Waals surface area (Å²) in [6, 6.07) is 6.77. The van der Waals surface area contributed by atoms with Gasteiger partial charge < -0.3 is 20.6 Å². The van der Waals surface area contributed by atoms with E-state index in [1.807, 2.05) is 0 Å². The maximum Gasteiger partial charge on any atom is 0.251 e. The van der Waals surface area contributed by atoms with Gasteiger partial charge in [-0.15, -0.1) is 5.10 Å². The lowest BCUT2D eigenvalue weighted by Crippen LogP contribution is -2.40. The Morgan fingerprint density at radius 2 is 1.63 bits per heavy atom. The minimum absolute atomic E-state index is 0.122. The van der Waals surface area contributed by atoms with Gasteiger partial charge in [-0.1, -0.05) is 5.21 Å². The Morgan fingerprint density at radius 1 is 0.927 bits per heavy atom. The van der Waals surface area contributed by atoms with Crippen LogP contribution >= 0.6 is 0 Å². The first-order chi connectivity index (χ1) is 19.5. The highest BCUT2D eigenvalue weighted by atomic mass is 32.2. The van der Waals surface area contributed by atoms with Crippen molar-refractivity contribution in [3.05, 3.63) is 30.5 Å². The molecule has 0 amide bonds. The van der Waals surface area contributed by atoms with E-state index >= 15 is 0 Å². The lowest BCUT2D eigenvalue weighted by Gasteiger charge is -2.35. The van der Waals surface area contributed by atoms with Crippen LogP contribution in [0.3, 0.4) is 0 Å². The first-order valence-corrected chi connectivity index (χ1v) is 15.4. The second-order valence-corrected chi connectivity index (χ2v) is 13.0. The zero-order chi connectivity index (χ0) is 28.8. The SMILES string of the molecule is Nc1cc(-c2cn(-c3ccc(NS(=O)(=O)CCO)cc3N3CCC4(CC3)CC4)nn2)nc(N2CCC(F)(F)CC2)n1. The number of aliphatic hydroxyl groups excluding tert-OH is 1. The molecular formula is C26H33F2N9O3S. The van der Waals surface area contributed by atoms with Gasteiger partial charge in [-0.3, -0.25) is 4.72 Å². The van der Waals surface area contributed by atoms with Crippen LogP contribution in [0.15, 0.2) is 30.5 Å². The number of sulfonamides is 1. The molecule has 3 aliphatic rings. The predicted molar refractivity (Wildman–Crippen MR) is 151 cm³/mol. The van der Waals surface area contributed by atoms with E-state index in [4.69, 9.17) is 10.8 Å². The normalized spacial score (nSPS) is 19.9. The number of nitrogen functional groups attached to an aromatic ring is 1. The molecule has 0 unspecified atom stereocenters. The Morgan fingerprint density at radius 3 is 2.32 bits per heavy atom. The minimum Gasteiger partial charge on any atom is -0.395 e. The molecule has 220 valence electrons. The molecule has 0 bridgehead atoms. The van der Waals surface area contributed by atoms with Gasteiger partial charge in [0.15, 0.2) is 0 Å². The number of aliphatic hydroxyl groups is 1. The van der Waals surface area contributed by atoms with Gasteiger partial charge in [0, 0.05) is 45.1 Å². The number of hydrogen-bond donors (Lipinski definition) is 3. The van der Waals surface area contributed by atoms with Crippen LogP contribution in [0.5, 0.6) is 0 Å². The summed E-state index contributed by atoms with van der Waals surface area (Å²) in [5.74, 6) is -2.62. The molecule has 3 aromatic rings. The lowest BCUT2D eigenvalue weighted by molar-refractivity contribution is -0.0222. The van der Waals surface area contributed by atoms with Gasteiger partial charge in [0.2, 0.25) is 16.0 Å². The van der Waals surface area contributed by atoms with E-state index in [1.54, 1.807) is 40.0 Å². The molecule has 1 aromatic carbocycles. The Balaban J connectivity index is 1.30. The molecule has 41 heavy (non-hydrogen) atoms. The maximum absolute atomic E-state index is 13.7. The van der Waals surface area contributed by atoms with Crippen LogP contribution < -0.4 is 20.3 Å². The maximum atomic E-state index is 13.7. The summed E-state index contributed by atoms with van der Waals surface area (Å²) in [5, 5.41) is 17.8. The summed E-state index contributed by atoms with van der Waals surface area (Å²) < 4.78 is 56.1. The van der Waals surface area contributed by atoms with Crippen LogP contribution in [0.25, 0.3) is 17.1 Å². The Bertz CT molecular complexity index is 1520. The summed E-state index contributed by atoms with van der Waals surface area (Å²) in [6.07, 6.45) is 5.81. The van der Waals surface area contributed by atoms with Crippen molar-refractivity contribution in [3.63, 3.8) is 0 Å². The number of aromatic nitrogens is 5. The standard InChI is InChI=1S/C26H33F2N9O3S/c27-26(28)7-11-36(12-8-26)24-30-19(16-23(29)31-24)20-17-37(34-32-20)21-2-1-18(33-41(39,40)14-13-38)15-22(21)35-9-5-25(3-4-25)6-10-35/h1-2,15-17,33,38H,3-14H2,(H2,29,30,31). The van der Waals surface area contributed by atoms with Crippen LogP contribution in [0, 0.1) is 5.41 Å². The van der Waals surface area contributed by atoms with E-state index in [0.29, 0.717) is 28.2 Å². The topological polar surface area (TPSA) is 155 Å². The van der Waals surface area contributed by atoms with Gasteiger partial charge in [-0.2, -0.15) is 4.98 Å². The molecule has 4 heterocycles. The van der Waals surface area contributed by atoms with Gasteiger partial charge in [0.05, 0.1) is 41.3 Å². The molecule has 0 atom stereocenters. The quantitative estimate of drug-likeness (QED) is 0.357. The second kappa shape index (κ2) is 10.4. The number of alkyl halides is 2. The van der Waals surface area contributed by atoms with Crippen molar-refractivity contribution in [3.8, 4) is 17.1 Å². The largest absolute Gasteiger partial charge is 0.395 e. The fourth-order valence-corrected chi connectivity index (χ4v) is 6.37. The van der Waals surface area contributed by atoms with Crippen molar-refractivity contribution in [1.29, 1.82) is 0 Å². The van der Waals surface area contributed by atoms with Crippen LogP contribution in [0.4, 0.5) is 31.9 Å². The molecule has 1 spiro atoms. The van der Waals surface area contributed by atoms with Crippen molar-refractivity contribution in [2.24, 2.45) is 5.41 Å². The zero-order valence-corrected chi connectivity index (χ0v) is 23.3. The van der Waals surface area contributed by atoms with Gasteiger partial charge >= 0.3 is 0 Å².